The molecule has 1 aliphatic rings. The van der Waals surface area contributed by atoms with Crippen LogP contribution >= 0.6 is 0 Å². The van der Waals surface area contributed by atoms with Crippen LogP contribution in [0.4, 0.5) is 5.69 Å². The summed E-state index contributed by atoms with van der Waals surface area (Å²) in [6.45, 7) is 4.93. The molecule has 1 amide bonds. The normalized spacial score (nSPS) is 16.7. The van der Waals surface area contributed by atoms with Crippen LogP contribution in [-0.2, 0) is 27.3 Å². The topological polar surface area (TPSA) is 58.6 Å². The quantitative estimate of drug-likeness (QED) is 0.825. The van der Waals surface area contributed by atoms with Crippen LogP contribution in [0.2, 0.25) is 0 Å². The molecule has 5 nitrogen and oxygen atoms in total. The van der Waals surface area contributed by atoms with Gasteiger partial charge in [0, 0.05) is 12.2 Å². The number of carbonyl (C=O) groups is 2. The summed E-state index contributed by atoms with van der Waals surface area (Å²) in [6, 6.07) is 15.4. The zero-order valence-electron chi connectivity index (χ0n) is 16.1. The number of anilines is 1. The molecule has 1 unspecified atom stereocenters. The van der Waals surface area contributed by atoms with Crippen LogP contribution in [0.15, 0.2) is 48.5 Å². The molecule has 0 bridgehead atoms. The molecule has 0 saturated carbocycles. The van der Waals surface area contributed by atoms with Gasteiger partial charge in [-0.3, -0.25) is 14.5 Å². The van der Waals surface area contributed by atoms with Gasteiger partial charge in [-0.15, -0.1) is 0 Å². The molecule has 1 aliphatic heterocycles. The maximum Gasteiger partial charge on any atom is 0.323 e. The lowest BCUT2D eigenvalue weighted by Gasteiger charge is -2.34. The molecule has 0 saturated heterocycles. The van der Waals surface area contributed by atoms with Crippen molar-refractivity contribution in [2.75, 3.05) is 19.0 Å². The van der Waals surface area contributed by atoms with Crippen molar-refractivity contribution in [3.8, 4) is 0 Å². The molecule has 142 valence electrons. The van der Waals surface area contributed by atoms with Crippen molar-refractivity contribution in [2.24, 2.45) is 0 Å². The molecule has 0 aromatic heterocycles. The molecule has 0 radical (unpaired) electrons. The SMILES string of the molecule is COC(=O)C1Cc2ccccc2CN1CC(=O)Nc1cccc(C(C)C)c1. The molecule has 1 atom stereocenters. The number of methoxy groups -OCH3 is 1. The Morgan fingerprint density at radius 2 is 1.89 bits per heavy atom. The minimum Gasteiger partial charge on any atom is -0.468 e. The van der Waals surface area contributed by atoms with Gasteiger partial charge < -0.3 is 10.1 Å². The molecule has 1 heterocycles. The lowest BCUT2D eigenvalue weighted by Crippen LogP contribution is -2.49. The molecule has 3 rings (SSSR count). The summed E-state index contributed by atoms with van der Waals surface area (Å²) in [5.41, 5.74) is 4.23. The smallest absolute Gasteiger partial charge is 0.323 e. The van der Waals surface area contributed by atoms with Crippen molar-refractivity contribution in [2.45, 2.75) is 38.8 Å². The van der Waals surface area contributed by atoms with Crippen molar-refractivity contribution in [3.63, 3.8) is 0 Å². The highest BCUT2D eigenvalue weighted by Crippen LogP contribution is 2.24. The Kier molecular flexibility index (Phi) is 5.91. The summed E-state index contributed by atoms with van der Waals surface area (Å²) in [6.07, 6.45) is 0.555. The number of amides is 1. The van der Waals surface area contributed by atoms with Gasteiger partial charge in [0.1, 0.15) is 6.04 Å². The summed E-state index contributed by atoms with van der Waals surface area (Å²) < 4.78 is 4.96. The summed E-state index contributed by atoms with van der Waals surface area (Å²) >= 11 is 0. The fraction of sp³-hybridized carbons (Fsp3) is 0.364. The highest BCUT2D eigenvalue weighted by atomic mass is 16.5. The standard InChI is InChI=1S/C22H26N2O3/c1-15(2)16-9-6-10-19(11-16)23-21(25)14-24-13-18-8-5-4-7-17(18)12-20(24)22(26)27-3/h4-11,15,20H,12-14H2,1-3H3,(H,23,25). The Hall–Kier alpha value is -2.66. The van der Waals surface area contributed by atoms with Crippen LogP contribution < -0.4 is 5.32 Å². The van der Waals surface area contributed by atoms with E-state index in [0.717, 1.165) is 16.8 Å². The first-order valence-corrected chi connectivity index (χ1v) is 9.26. The highest BCUT2D eigenvalue weighted by molar-refractivity contribution is 5.92. The Labute approximate surface area is 160 Å². The third-order valence-corrected chi connectivity index (χ3v) is 5.00. The number of nitrogens with zero attached hydrogens (tertiary/aromatic N) is 1. The van der Waals surface area contributed by atoms with E-state index < -0.39 is 6.04 Å². The fourth-order valence-electron chi connectivity index (χ4n) is 3.47. The lowest BCUT2D eigenvalue weighted by atomic mass is 9.94. The van der Waals surface area contributed by atoms with Gasteiger partial charge >= 0.3 is 5.97 Å². The van der Waals surface area contributed by atoms with Crippen LogP contribution in [0, 0.1) is 0 Å². The Morgan fingerprint density at radius 1 is 1.15 bits per heavy atom. The van der Waals surface area contributed by atoms with Crippen LogP contribution in [0.3, 0.4) is 0 Å². The summed E-state index contributed by atoms with van der Waals surface area (Å²) in [4.78, 5) is 26.8. The monoisotopic (exact) mass is 366 g/mol. The van der Waals surface area contributed by atoms with Crippen molar-refractivity contribution in [3.05, 3.63) is 65.2 Å². The molecule has 5 heteroatoms. The van der Waals surface area contributed by atoms with E-state index in [4.69, 9.17) is 4.74 Å². The Balaban J connectivity index is 1.73. The first kappa shape index (κ1) is 19.1. The van der Waals surface area contributed by atoms with Crippen molar-refractivity contribution in [1.29, 1.82) is 0 Å². The fourth-order valence-corrected chi connectivity index (χ4v) is 3.47. The zero-order chi connectivity index (χ0) is 19.4. The number of ether oxygens (including phenoxy) is 1. The van der Waals surface area contributed by atoms with E-state index in [-0.39, 0.29) is 18.4 Å². The number of hydrogen-bond donors (Lipinski definition) is 1. The Bertz CT molecular complexity index is 832. The van der Waals surface area contributed by atoms with E-state index in [0.29, 0.717) is 18.9 Å². The summed E-state index contributed by atoms with van der Waals surface area (Å²) in [5.74, 6) is -0.0487. The maximum atomic E-state index is 12.6. The molecule has 1 N–H and O–H groups in total. The van der Waals surface area contributed by atoms with E-state index in [1.54, 1.807) is 0 Å². The van der Waals surface area contributed by atoms with E-state index in [9.17, 15) is 9.59 Å². The predicted molar refractivity (Wildman–Crippen MR) is 106 cm³/mol. The highest BCUT2D eigenvalue weighted by Gasteiger charge is 2.33. The van der Waals surface area contributed by atoms with Crippen molar-refractivity contribution < 1.29 is 14.3 Å². The van der Waals surface area contributed by atoms with E-state index in [2.05, 4.69) is 25.2 Å². The first-order chi connectivity index (χ1) is 13.0. The largest absolute Gasteiger partial charge is 0.468 e. The van der Waals surface area contributed by atoms with Crippen molar-refractivity contribution in [1.82, 2.24) is 4.90 Å². The second-order valence-electron chi connectivity index (χ2n) is 7.25. The molecule has 0 spiro atoms. The number of esters is 1. The van der Waals surface area contributed by atoms with E-state index >= 15 is 0 Å². The molecule has 2 aromatic carbocycles. The van der Waals surface area contributed by atoms with Gasteiger partial charge in [-0.05, 0) is 41.2 Å². The van der Waals surface area contributed by atoms with Gasteiger partial charge in [-0.2, -0.15) is 0 Å². The lowest BCUT2D eigenvalue weighted by molar-refractivity contribution is -0.148. The molecule has 0 fully saturated rings. The molecular weight excluding hydrogens is 340 g/mol. The van der Waals surface area contributed by atoms with Gasteiger partial charge in [0.05, 0.1) is 13.7 Å². The number of nitrogens with one attached hydrogen (secondary N) is 1. The third kappa shape index (κ3) is 4.55. The van der Waals surface area contributed by atoms with Crippen LogP contribution in [0.5, 0.6) is 0 Å². The summed E-state index contributed by atoms with van der Waals surface area (Å²) in [5, 5.41) is 2.95. The number of carbonyl (C=O) groups excluding carboxylic acids is 2. The van der Waals surface area contributed by atoms with Gasteiger partial charge in [0.15, 0.2) is 0 Å². The molecule has 27 heavy (non-hydrogen) atoms. The van der Waals surface area contributed by atoms with Gasteiger partial charge in [0.2, 0.25) is 5.91 Å². The average Bonchev–Trinajstić information content (AvgIpc) is 2.67. The predicted octanol–water partition coefficient (Wildman–Crippen LogP) is 3.35. The molecular formula is C22H26N2O3. The third-order valence-electron chi connectivity index (χ3n) is 5.00. The van der Waals surface area contributed by atoms with E-state index in [1.807, 2.05) is 47.4 Å². The number of fused-ring (bicyclic) bond motifs is 1. The molecule has 0 aliphatic carbocycles. The minimum absolute atomic E-state index is 0.135. The summed E-state index contributed by atoms with van der Waals surface area (Å²) in [7, 11) is 1.39. The Morgan fingerprint density at radius 3 is 2.59 bits per heavy atom. The second kappa shape index (κ2) is 8.35. The first-order valence-electron chi connectivity index (χ1n) is 9.26. The number of benzene rings is 2. The van der Waals surface area contributed by atoms with Crippen LogP contribution in [-0.4, -0.2) is 36.5 Å². The van der Waals surface area contributed by atoms with Gasteiger partial charge in [-0.1, -0.05) is 50.2 Å². The number of rotatable bonds is 5. The molecule has 2 aromatic rings. The average molecular weight is 366 g/mol. The minimum atomic E-state index is -0.447. The van der Waals surface area contributed by atoms with Gasteiger partial charge in [0.25, 0.3) is 0 Å². The van der Waals surface area contributed by atoms with Gasteiger partial charge in [-0.25, -0.2) is 0 Å². The maximum absolute atomic E-state index is 12.6. The zero-order valence-corrected chi connectivity index (χ0v) is 16.1. The van der Waals surface area contributed by atoms with Crippen LogP contribution in [0.1, 0.15) is 36.5 Å². The van der Waals surface area contributed by atoms with Crippen LogP contribution in [0.25, 0.3) is 0 Å². The van der Waals surface area contributed by atoms with Crippen molar-refractivity contribution >= 4 is 17.6 Å². The second-order valence-corrected chi connectivity index (χ2v) is 7.25. The number of hydrogen-bond acceptors (Lipinski definition) is 4. The van der Waals surface area contributed by atoms with E-state index in [1.165, 1.54) is 12.7 Å².